The first-order valence-electron chi connectivity index (χ1n) is 5.03. The van der Waals surface area contributed by atoms with E-state index in [0.717, 1.165) is 15.6 Å². The fourth-order valence-corrected chi connectivity index (χ4v) is 5.67. The summed E-state index contributed by atoms with van der Waals surface area (Å²) >= 11 is 12.5. The molecule has 0 radical (unpaired) electrons. The van der Waals surface area contributed by atoms with Crippen LogP contribution in [0.4, 0.5) is 0 Å². The van der Waals surface area contributed by atoms with E-state index >= 15 is 0 Å². The van der Waals surface area contributed by atoms with E-state index in [1.54, 1.807) is 0 Å². The molecular weight excluding hydrogens is 321 g/mol. The highest BCUT2D eigenvalue weighted by Crippen LogP contribution is 2.37. The van der Waals surface area contributed by atoms with Crippen molar-refractivity contribution in [3.63, 3.8) is 0 Å². The standard InChI is InChI=1S/C9H9Cl2NO4S2/c10-7-4-6(8(11)17-7)18(15,16)12-3-1-2-5(12)9(13)14/h4-5H,1-3H2,(H,13,14). The Balaban J connectivity index is 2.43. The smallest absolute Gasteiger partial charge is 0.322 e. The van der Waals surface area contributed by atoms with Crippen LogP contribution < -0.4 is 0 Å². The lowest BCUT2D eigenvalue weighted by Crippen LogP contribution is -2.40. The Hall–Kier alpha value is -0.340. The van der Waals surface area contributed by atoms with E-state index in [1.807, 2.05) is 0 Å². The van der Waals surface area contributed by atoms with Crippen molar-refractivity contribution in [1.82, 2.24) is 4.31 Å². The molecule has 9 heteroatoms. The van der Waals surface area contributed by atoms with Gasteiger partial charge in [0.1, 0.15) is 15.3 Å². The molecular formula is C9H9Cl2NO4S2. The van der Waals surface area contributed by atoms with Crippen LogP contribution in [-0.2, 0) is 14.8 Å². The second-order valence-electron chi connectivity index (χ2n) is 3.80. The third kappa shape index (κ3) is 2.37. The summed E-state index contributed by atoms with van der Waals surface area (Å²) in [4.78, 5) is 10.9. The minimum absolute atomic E-state index is 0.0519. The zero-order valence-corrected chi connectivity index (χ0v) is 12.1. The van der Waals surface area contributed by atoms with Gasteiger partial charge < -0.3 is 5.11 Å². The number of hydrogen-bond acceptors (Lipinski definition) is 4. The van der Waals surface area contributed by atoms with Crippen molar-refractivity contribution >= 4 is 50.5 Å². The third-order valence-electron chi connectivity index (χ3n) is 2.70. The number of halogens is 2. The molecule has 100 valence electrons. The second-order valence-corrected chi connectivity index (χ2v) is 7.95. The molecule has 0 saturated carbocycles. The van der Waals surface area contributed by atoms with Crippen molar-refractivity contribution in [1.29, 1.82) is 0 Å². The average Bonchev–Trinajstić information content (AvgIpc) is 2.84. The van der Waals surface area contributed by atoms with Gasteiger partial charge in [0.25, 0.3) is 0 Å². The molecule has 1 N–H and O–H groups in total. The van der Waals surface area contributed by atoms with Gasteiger partial charge in [-0.3, -0.25) is 4.79 Å². The van der Waals surface area contributed by atoms with Gasteiger partial charge in [0.2, 0.25) is 10.0 Å². The lowest BCUT2D eigenvalue weighted by molar-refractivity contribution is -0.140. The van der Waals surface area contributed by atoms with Crippen molar-refractivity contribution in [2.75, 3.05) is 6.54 Å². The molecule has 18 heavy (non-hydrogen) atoms. The molecule has 1 aromatic rings. The number of carboxylic acids is 1. The van der Waals surface area contributed by atoms with Gasteiger partial charge >= 0.3 is 5.97 Å². The van der Waals surface area contributed by atoms with Crippen LogP contribution in [0.3, 0.4) is 0 Å². The molecule has 1 unspecified atom stereocenters. The Morgan fingerprint density at radius 1 is 1.50 bits per heavy atom. The highest BCUT2D eigenvalue weighted by atomic mass is 35.5. The van der Waals surface area contributed by atoms with Gasteiger partial charge in [0.05, 0.1) is 4.34 Å². The maximum Gasteiger partial charge on any atom is 0.322 e. The molecule has 1 fully saturated rings. The van der Waals surface area contributed by atoms with E-state index in [-0.39, 0.29) is 20.1 Å². The van der Waals surface area contributed by atoms with Gasteiger partial charge in [-0.25, -0.2) is 8.42 Å². The zero-order valence-electron chi connectivity index (χ0n) is 8.97. The Kier molecular flexibility index (Phi) is 3.89. The van der Waals surface area contributed by atoms with Crippen molar-refractivity contribution in [2.24, 2.45) is 0 Å². The molecule has 0 spiro atoms. The molecule has 0 bridgehead atoms. The van der Waals surface area contributed by atoms with E-state index in [0.29, 0.717) is 12.8 Å². The fourth-order valence-electron chi connectivity index (χ4n) is 1.90. The second kappa shape index (κ2) is 4.97. The summed E-state index contributed by atoms with van der Waals surface area (Å²) in [6, 6.07) is 0.228. The van der Waals surface area contributed by atoms with Crippen LogP contribution in [0.25, 0.3) is 0 Å². The predicted molar refractivity (Wildman–Crippen MR) is 68.9 cm³/mol. The van der Waals surface area contributed by atoms with Crippen LogP contribution in [-0.4, -0.2) is 36.4 Å². The van der Waals surface area contributed by atoms with Crippen LogP contribution in [0.1, 0.15) is 12.8 Å². The summed E-state index contributed by atoms with van der Waals surface area (Å²) in [7, 11) is -3.90. The van der Waals surface area contributed by atoms with Gasteiger partial charge in [-0.15, -0.1) is 11.3 Å². The zero-order chi connectivity index (χ0) is 13.5. The van der Waals surface area contributed by atoms with Gasteiger partial charge in [-0.2, -0.15) is 4.31 Å². The minimum atomic E-state index is -3.90. The van der Waals surface area contributed by atoms with Crippen molar-refractivity contribution < 1.29 is 18.3 Å². The molecule has 0 aliphatic carbocycles. The van der Waals surface area contributed by atoms with Crippen LogP contribution in [0.5, 0.6) is 0 Å². The van der Waals surface area contributed by atoms with Crippen molar-refractivity contribution in [3.8, 4) is 0 Å². The molecule has 1 saturated heterocycles. The molecule has 1 aliphatic rings. The monoisotopic (exact) mass is 329 g/mol. The van der Waals surface area contributed by atoms with Crippen molar-refractivity contribution in [2.45, 2.75) is 23.8 Å². The SMILES string of the molecule is O=C(O)C1CCCN1S(=O)(=O)c1cc(Cl)sc1Cl. The molecule has 0 amide bonds. The molecule has 2 rings (SSSR count). The molecule has 1 aliphatic heterocycles. The maximum atomic E-state index is 12.3. The first kappa shape index (κ1) is 14.1. The third-order valence-corrected chi connectivity index (χ3v) is 6.36. The number of carbonyl (C=O) groups is 1. The normalized spacial score (nSPS) is 21.3. The van der Waals surface area contributed by atoms with E-state index in [9.17, 15) is 13.2 Å². The minimum Gasteiger partial charge on any atom is -0.480 e. The number of thiophene rings is 1. The number of carboxylic acid groups (broad SMARTS) is 1. The molecule has 1 aromatic heterocycles. The largest absolute Gasteiger partial charge is 0.480 e. The van der Waals surface area contributed by atoms with E-state index < -0.39 is 22.0 Å². The Morgan fingerprint density at radius 2 is 2.17 bits per heavy atom. The molecule has 1 atom stereocenters. The summed E-state index contributed by atoms with van der Waals surface area (Å²) in [5.41, 5.74) is 0. The lowest BCUT2D eigenvalue weighted by Gasteiger charge is -2.20. The fraction of sp³-hybridized carbons (Fsp3) is 0.444. The first-order chi connectivity index (χ1) is 8.34. The first-order valence-corrected chi connectivity index (χ1v) is 8.05. The summed E-state index contributed by atoms with van der Waals surface area (Å²) < 4.78 is 25.9. The average molecular weight is 330 g/mol. The van der Waals surface area contributed by atoms with E-state index in [2.05, 4.69) is 0 Å². The Labute approximate surface area is 118 Å². The van der Waals surface area contributed by atoms with Crippen LogP contribution in [0.2, 0.25) is 8.67 Å². The summed E-state index contributed by atoms with van der Waals surface area (Å²) in [6.07, 6.45) is 0.829. The lowest BCUT2D eigenvalue weighted by atomic mass is 10.2. The summed E-state index contributed by atoms with van der Waals surface area (Å²) in [6.45, 7) is 0.184. The quantitative estimate of drug-likeness (QED) is 0.923. The number of hydrogen-bond donors (Lipinski definition) is 1. The molecule has 0 aromatic carbocycles. The number of aliphatic carboxylic acids is 1. The van der Waals surface area contributed by atoms with E-state index in [1.165, 1.54) is 6.07 Å². The topological polar surface area (TPSA) is 74.7 Å². The number of sulfonamides is 1. The van der Waals surface area contributed by atoms with Crippen LogP contribution >= 0.6 is 34.5 Å². The van der Waals surface area contributed by atoms with Gasteiger partial charge in [-0.1, -0.05) is 23.2 Å². The highest BCUT2D eigenvalue weighted by molar-refractivity contribution is 7.89. The van der Waals surface area contributed by atoms with Gasteiger partial charge in [0.15, 0.2) is 0 Å². The Morgan fingerprint density at radius 3 is 2.67 bits per heavy atom. The number of rotatable bonds is 3. The van der Waals surface area contributed by atoms with E-state index in [4.69, 9.17) is 28.3 Å². The predicted octanol–water partition coefficient (Wildman–Crippen LogP) is 2.29. The summed E-state index contributed by atoms with van der Waals surface area (Å²) in [5.74, 6) is -1.14. The maximum absolute atomic E-state index is 12.3. The highest BCUT2D eigenvalue weighted by Gasteiger charge is 2.40. The summed E-state index contributed by atoms with van der Waals surface area (Å²) in [5, 5.41) is 9.01. The Bertz CT molecular complexity index is 583. The van der Waals surface area contributed by atoms with Crippen LogP contribution in [0.15, 0.2) is 11.0 Å². The van der Waals surface area contributed by atoms with Crippen LogP contribution in [0, 0.1) is 0 Å². The number of nitrogens with zero attached hydrogens (tertiary/aromatic N) is 1. The molecule has 5 nitrogen and oxygen atoms in total. The van der Waals surface area contributed by atoms with Gasteiger partial charge in [0, 0.05) is 6.54 Å². The van der Waals surface area contributed by atoms with Crippen molar-refractivity contribution in [3.05, 3.63) is 14.7 Å². The molecule has 2 heterocycles. The van der Waals surface area contributed by atoms with Gasteiger partial charge in [-0.05, 0) is 18.9 Å².